The molecule has 1 aromatic carbocycles. The van der Waals surface area contributed by atoms with Crippen molar-refractivity contribution >= 4 is 5.69 Å². The molecule has 1 heterocycles. The topological polar surface area (TPSA) is 24.9 Å². The van der Waals surface area contributed by atoms with Gasteiger partial charge < -0.3 is 5.32 Å². The highest BCUT2D eigenvalue weighted by Crippen LogP contribution is 2.09. The molecule has 2 aromatic rings. The molecule has 1 aromatic heterocycles. The lowest BCUT2D eigenvalue weighted by atomic mass is 10.1. The van der Waals surface area contributed by atoms with Crippen molar-refractivity contribution in [1.82, 2.24) is 4.98 Å². The molecule has 0 atom stereocenters. The van der Waals surface area contributed by atoms with Crippen molar-refractivity contribution in [3.63, 3.8) is 0 Å². The van der Waals surface area contributed by atoms with Gasteiger partial charge in [-0.25, -0.2) is 4.98 Å². The molecule has 0 bridgehead atoms. The molecule has 0 aliphatic heterocycles. The summed E-state index contributed by atoms with van der Waals surface area (Å²) in [5.41, 5.74) is 3.15. The molecule has 2 rings (SSSR count). The zero-order valence-electron chi connectivity index (χ0n) is 9.07. The zero-order valence-corrected chi connectivity index (χ0v) is 9.07. The summed E-state index contributed by atoms with van der Waals surface area (Å²) in [7, 11) is 0. The van der Waals surface area contributed by atoms with E-state index in [0.29, 0.717) is 6.54 Å². The molecule has 3 heteroatoms. The molecule has 1 N–H and O–H groups in total. The van der Waals surface area contributed by atoms with Crippen LogP contribution in [0, 0.1) is 12.9 Å². The van der Waals surface area contributed by atoms with Crippen LogP contribution in [0.3, 0.4) is 0 Å². The minimum absolute atomic E-state index is 0.464. The third kappa shape index (κ3) is 2.79. The highest BCUT2D eigenvalue weighted by molar-refractivity contribution is 5.42. The van der Waals surface area contributed by atoms with Crippen LogP contribution in [0.25, 0.3) is 0 Å². The van der Waals surface area contributed by atoms with Crippen molar-refractivity contribution in [2.75, 3.05) is 5.32 Å². The molecule has 0 aliphatic carbocycles. The first-order chi connectivity index (χ1) is 7.74. The fourth-order valence-electron chi connectivity index (χ4n) is 1.42. The number of benzene rings is 1. The van der Waals surface area contributed by atoms with E-state index >= 15 is 0 Å². The van der Waals surface area contributed by atoms with E-state index in [1.807, 2.05) is 0 Å². The number of aromatic nitrogens is 1. The Balaban J connectivity index is 1.99. The van der Waals surface area contributed by atoms with E-state index in [4.69, 9.17) is 0 Å². The summed E-state index contributed by atoms with van der Waals surface area (Å²) in [5, 5.41) is 3.14. The molecule has 2 nitrogen and oxygen atoms in total. The van der Waals surface area contributed by atoms with Crippen molar-refractivity contribution in [3.05, 3.63) is 59.7 Å². The van der Waals surface area contributed by atoms with Gasteiger partial charge in [0.15, 0.2) is 0 Å². The van der Waals surface area contributed by atoms with Gasteiger partial charge in [-0.3, -0.25) is 0 Å². The molecule has 0 saturated heterocycles. The van der Waals surface area contributed by atoms with E-state index in [9.17, 15) is 4.39 Å². The fourth-order valence-corrected chi connectivity index (χ4v) is 1.42. The smallest absolute Gasteiger partial charge is 0.214 e. The first-order valence-corrected chi connectivity index (χ1v) is 5.15. The predicted molar refractivity (Wildman–Crippen MR) is 62.7 cm³/mol. The van der Waals surface area contributed by atoms with Crippen LogP contribution in [-0.4, -0.2) is 4.98 Å². The molecule has 0 aliphatic rings. The van der Waals surface area contributed by atoms with Gasteiger partial charge in [0.1, 0.15) is 0 Å². The van der Waals surface area contributed by atoms with Crippen LogP contribution >= 0.6 is 0 Å². The van der Waals surface area contributed by atoms with Crippen molar-refractivity contribution in [2.45, 2.75) is 13.5 Å². The Morgan fingerprint density at radius 2 is 1.94 bits per heavy atom. The Hall–Kier alpha value is -1.90. The van der Waals surface area contributed by atoms with Crippen LogP contribution in [0.15, 0.2) is 42.6 Å². The van der Waals surface area contributed by atoms with E-state index < -0.39 is 5.95 Å². The molecule has 0 unspecified atom stereocenters. The van der Waals surface area contributed by atoms with Crippen LogP contribution in [-0.2, 0) is 6.54 Å². The van der Waals surface area contributed by atoms with Gasteiger partial charge in [-0.15, -0.1) is 0 Å². The van der Waals surface area contributed by atoms with Crippen molar-refractivity contribution in [3.8, 4) is 0 Å². The zero-order chi connectivity index (χ0) is 11.4. The normalized spacial score (nSPS) is 10.1. The van der Waals surface area contributed by atoms with Crippen molar-refractivity contribution < 1.29 is 4.39 Å². The molecule has 82 valence electrons. The Labute approximate surface area is 94.2 Å². The summed E-state index contributed by atoms with van der Waals surface area (Å²) in [6.45, 7) is 2.74. The number of nitrogens with zero attached hydrogens (tertiary/aromatic N) is 1. The number of halogens is 1. The number of hydrogen-bond donors (Lipinski definition) is 1. The minimum atomic E-state index is -0.464. The fraction of sp³-hybridized carbons (Fsp3) is 0.154. The summed E-state index contributed by atoms with van der Waals surface area (Å²) >= 11 is 0. The summed E-state index contributed by atoms with van der Waals surface area (Å²) in [5.74, 6) is -0.464. The SMILES string of the molecule is Cc1ccc(CNc2ccnc(F)c2)cc1. The van der Waals surface area contributed by atoms with E-state index in [0.717, 1.165) is 5.69 Å². The molecule has 0 amide bonds. The lowest BCUT2D eigenvalue weighted by molar-refractivity contribution is 0.584. The van der Waals surface area contributed by atoms with Crippen LogP contribution in [0.5, 0.6) is 0 Å². The summed E-state index contributed by atoms with van der Waals surface area (Å²) in [6, 6.07) is 11.4. The summed E-state index contributed by atoms with van der Waals surface area (Å²) in [4.78, 5) is 3.50. The minimum Gasteiger partial charge on any atom is -0.381 e. The predicted octanol–water partition coefficient (Wildman–Crippen LogP) is 3.14. The lowest BCUT2D eigenvalue weighted by Gasteiger charge is -2.06. The summed E-state index contributed by atoms with van der Waals surface area (Å²) < 4.78 is 12.8. The Morgan fingerprint density at radius 3 is 2.62 bits per heavy atom. The molecular formula is C13H13FN2. The molecule has 0 spiro atoms. The maximum atomic E-state index is 12.8. The molecular weight excluding hydrogens is 203 g/mol. The second-order valence-corrected chi connectivity index (χ2v) is 3.71. The number of anilines is 1. The van der Waals surface area contributed by atoms with E-state index in [1.54, 1.807) is 6.07 Å². The van der Waals surface area contributed by atoms with Crippen LogP contribution in [0.4, 0.5) is 10.1 Å². The number of pyridine rings is 1. The Bertz CT molecular complexity index is 466. The van der Waals surface area contributed by atoms with Gasteiger partial charge in [0.05, 0.1) is 0 Å². The monoisotopic (exact) mass is 216 g/mol. The maximum Gasteiger partial charge on any atom is 0.214 e. The lowest BCUT2D eigenvalue weighted by Crippen LogP contribution is -1.99. The molecule has 16 heavy (non-hydrogen) atoms. The number of nitrogens with one attached hydrogen (secondary N) is 1. The van der Waals surface area contributed by atoms with Gasteiger partial charge in [0.2, 0.25) is 5.95 Å². The summed E-state index contributed by atoms with van der Waals surface area (Å²) in [6.07, 6.45) is 1.45. The van der Waals surface area contributed by atoms with E-state index in [2.05, 4.69) is 41.5 Å². The molecule has 0 saturated carbocycles. The second kappa shape index (κ2) is 4.75. The second-order valence-electron chi connectivity index (χ2n) is 3.71. The Kier molecular flexibility index (Phi) is 3.15. The van der Waals surface area contributed by atoms with E-state index in [-0.39, 0.29) is 0 Å². The number of rotatable bonds is 3. The highest BCUT2D eigenvalue weighted by atomic mass is 19.1. The van der Waals surface area contributed by atoms with E-state index in [1.165, 1.54) is 23.4 Å². The van der Waals surface area contributed by atoms with Gasteiger partial charge in [-0.05, 0) is 18.6 Å². The average Bonchev–Trinajstić information content (AvgIpc) is 2.28. The first-order valence-electron chi connectivity index (χ1n) is 5.15. The van der Waals surface area contributed by atoms with Gasteiger partial charge >= 0.3 is 0 Å². The largest absolute Gasteiger partial charge is 0.381 e. The van der Waals surface area contributed by atoms with Gasteiger partial charge in [-0.2, -0.15) is 4.39 Å². The van der Waals surface area contributed by atoms with Gasteiger partial charge in [0, 0.05) is 24.5 Å². The first kappa shape index (κ1) is 10.6. The standard InChI is InChI=1S/C13H13FN2/c1-10-2-4-11(5-3-10)9-16-12-6-7-15-13(14)8-12/h2-8H,9H2,1H3,(H,15,16). The molecule has 0 radical (unpaired) electrons. The number of aryl methyl sites for hydroxylation is 1. The van der Waals surface area contributed by atoms with Crippen molar-refractivity contribution in [1.29, 1.82) is 0 Å². The average molecular weight is 216 g/mol. The highest BCUT2D eigenvalue weighted by Gasteiger charge is 1.96. The van der Waals surface area contributed by atoms with Gasteiger partial charge in [0.25, 0.3) is 0 Å². The third-order valence-electron chi connectivity index (χ3n) is 2.34. The van der Waals surface area contributed by atoms with Gasteiger partial charge in [-0.1, -0.05) is 29.8 Å². The van der Waals surface area contributed by atoms with Crippen LogP contribution in [0.1, 0.15) is 11.1 Å². The molecule has 0 fully saturated rings. The third-order valence-corrected chi connectivity index (χ3v) is 2.34. The quantitative estimate of drug-likeness (QED) is 0.797. The number of hydrogen-bond acceptors (Lipinski definition) is 2. The van der Waals surface area contributed by atoms with Crippen LogP contribution < -0.4 is 5.32 Å². The maximum absolute atomic E-state index is 12.8. The van der Waals surface area contributed by atoms with Crippen molar-refractivity contribution in [2.24, 2.45) is 0 Å². The Morgan fingerprint density at radius 1 is 1.19 bits per heavy atom. The van der Waals surface area contributed by atoms with Crippen LogP contribution in [0.2, 0.25) is 0 Å².